The summed E-state index contributed by atoms with van der Waals surface area (Å²) in [5.74, 6) is 0.0932. The van der Waals surface area contributed by atoms with E-state index in [0.717, 1.165) is 25.2 Å². The molecule has 0 spiro atoms. The molecule has 0 aromatic heterocycles. The summed E-state index contributed by atoms with van der Waals surface area (Å²) < 4.78 is 0. The number of nitrogens with zero attached hydrogens (tertiary/aromatic N) is 3. The number of hydrogen-bond donors (Lipinski definition) is 0. The van der Waals surface area contributed by atoms with E-state index in [1.807, 2.05) is 58.4 Å². The zero-order chi connectivity index (χ0) is 15.6. The van der Waals surface area contributed by atoms with Gasteiger partial charge >= 0.3 is 0 Å². The van der Waals surface area contributed by atoms with Crippen LogP contribution in [0.2, 0.25) is 0 Å². The predicted octanol–water partition coefficient (Wildman–Crippen LogP) is 3.23. The van der Waals surface area contributed by atoms with Crippen molar-refractivity contribution in [2.24, 2.45) is 5.10 Å². The van der Waals surface area contributed by atoms with Gasteiger partial charge in [-0.05, 0) is 24.1 Å². The molecule has 4 heteroatoms. The average molecular weight is 305 g/mol. The molecule has 2 aliphatic rings. The fourth-order valence-electron chi connectivity index (χ4n) is 3.09. The summed E-state index contributed by atoms with van der Waals surface area (Å²) in [7, 11) is 0. The minimum atomic E-state index is 0.0822. The van der Waals surface area contributed by atoms with E-state index < -0.39 is 0 Å². The summed E-state index contributed by atoms with van der Waals surface area (Å²) in [6.45, 7) is 1.72. The van der Waals surface area contributed by atoms with Crippen molar-refractivity contribution in [3.05, 3.63) is 66.2 Å². The average Bonchev–Trinajstić information content (AvgIpc) is 3.00. The molecule has 23 heavy (non-hydrogen) atoms. The van der Waals surface area contributed by atoms with Crippen molar-refractivity contribution in [3.63, 3.8) is 0 Å². The number of rotatable bonds is 3. The third-order valence-electron chi connectivity index (χ3n) is 4.51. The van der Waals surface area contributed by atoms with Gasteiger partial charge in [-0.25, -0.2) is 0 Å². The molecule has 4 rings (SSSR count). The van der Waals surface area contributed by atoms with Gasteiger partial charge in [0, 0.05) is 19.5 Å². The molecule has 0 N–H and O–H groups in total. The fourth-order valence-corrected chi connectivity index (χ4v) is 3.09. The summed E-state index contributed by atoms with van der Waals surface area (Å²) in [5.41, 5.74) is 2.88. The number of likely N-dealkylation sites (tertiary alicyclic amines) is 1. The number of carbonyl (C=O) groups excluding carboxylic acids is 1. The number of anilines is 1. The van der Waals surface area contributed by atoms with Crippen LogP contribution in [0.1, 0.15) is 24.4 Å². The Balaban J connectivity index is 1.67. The summed E-state index contributed by atoms with van der Waals surface area (Å²) in [4.78, 5) is 14.4. The third kappa shape index (κ3) is 2.61. The van der Waals surface area contributed by atoms with Gasteiger partial charge in [-0.3, -0.25) is 9.80 Å². The number of hydrazone groups is 1. The van der Waals surface area contributed by atoms with Crippen molar-refractivity contribution in [1.29, 1.82) is 0 Å². The molecule has 0 radical (unpaired) electrons. The second kappa shape index (κ2) is 5.88. The number of amides is 1. The lowest BCUT2D eigenvalue weighted by molar-refractivity contribution is -0.127. The first-order valence-corrected chi connectivity index (χ1v) is 8.09. The maximum atomic E-state index is 12.5. The van der Waals surface area contributed by atoms with Gasteiger partial charge in [0.1, 0.15) is 5.71 Å². The molecule has 4 nitrogen and oxygen atoms in total. The first-order valence-electron chi connectivity index (χ1n) is 8.09. The molecule has 2 heterocycles. The summed E-state index contributed by atoms with van der Waals surface area (Å²) in [6.07, 6.45) is 1.76. The molecule has 1 unspecified atom stereocenters. The van der Waals surface area contributed by atoms with E-state index in [2.05, 4.69) is 17.2 Å². The molecule has 2 aliphatic heterocycles. The Morgan fingerprint density at radius 2 is 1.61 bits per heavy atom. The first kappa shape index (κ1) is 14.0. The van der Waals surface area contributed by atoms with Crippen LogP contribution in [0.15, 0.2) is 65.8 Å². The van der Waals surface area contributed by atoms with Crippen molar-refractivity contribution in [2.75, 3.05) is 18.1 Å². The van der Waals surface area contributed by atoms with Gasteiger partial charge in [-0.15, -0.1) is 0 Å². The van der Waals surface area contributed by atoms with Gasteiger partial charge in [0.15, 0.2) is 0 Å². The minimum absolute atomic E-state index is 0.0822. The molecular weight excluding hydrogens is 286 g/mol. The van der Waals surface area contributed by atoms with Gasteiger partial charge in [0.05, 0.1) is 11.7 Å². The fraction of sp³-hybridized carbons (Fsp3) is 0.263. The summed E-state index contributed by atoms with van der Waals surface area (Å²) in [6, 6.07) is 20.4. The second-order valence-corrected chi connectivity index (χ2v) is 6.00. The molecule has 1 atom stereocenters. The number of carbonyl (C=O) groups is 1. The molecule has 2 aromatic carbocycles. The topological polar surface area (TPSA) is 35.9 Å². The zero-order valence-electron chi connectivity index (χ0n) is 12.9. The van der Waals surface area contributed by atoms with E-state index >= 15 is 0 Å². The van der Waals surface area contributed by atoms with Crippen LogP contribution in [0.25, 0.3) is 0 Å². The van der Waals surface area contributed by atoms with E-state index in [1.54, 1.807) is 0 Å². The summed E-state index contributed by atoms with van der Waals surface area (Å²) in [5, 5.41) is 6.67. The summed E-state index contributed by atoms with van der Waals surface area (Å²) >= 11 is 0. The lowest BCUT2D eigenvalue weighted by Gasteiger charge is -2.30. The Morgan fingerprint density at radius 1 is 0.957 bits per heavy atom. The maximum absolute atomic E-state index is 12.5. The first-order chi connectivity index (χ1) is 11.3. The van der Waals surface area contributed by atoms with Crippen molar-refractivity contribution in [2.45, 2.75) is 18.9 Å². The molecule has 0 saturated carbocycles. The molecule has 1 amide bonds. The van der Waals surface area contributed by atoms with Crippen LogP contribution < -0.4 is 5.01 Å². The molecule has 0 aliphatic carbocycles. The zero-order valence-corrected chi connectivity index (χ0v) is 12.9. The molecule has 0 bridgehead atoms. The van der Waals surface area contributed by atoms with E-state index in [9.17, 15) is 4.79 Å². The van der Waals surface area contributed by atoms with E-state index in [0.29, 0.717) is 12.1 Å². The van der Waals surface area contributed by atoms with Crippen molar-refractivity contribution >= 4 is 17.3 Å². The molecule has 2 aromatic rings. The van der Waals surface area contributed by atoms with E-state index in [-0.39, 0.29) is 11.9 Å². The highest BCUT2D eigenvalue weighted by Crippen LogP contribution is 2.35. The van der Waals surface area contributed by atoms with Crippen molar-refractivity contribution < 1.29 is 4.79 Å². The smallest absolute Gasteiger partial charge is 0.270 e. The van der Waals surface area contributed by atoms with Crippen LogP contribution in [-0.4, -0.2) is 29.6 Å². The predicted molar refractivity (Wildman–Crippen MR) is 91.4 cm³/mol. The highest BCUT2D eigenvalue weighted by Gasteiger charge is 2.35. The molecule has 1 fully saturated rings. The van der Waals surface area contributed by atoms with Gasteiger partial charge in [0.2, 0.25) is 0 Å². The van der Waals surface area contributed by atoms with Crippen LogP contribution in [0.3, 0.4) is 0 Å². The normalized spacial score (nSPS) is 20.2. The molecule has 116 valence electrons. The van der Waals surface area contributed by atoms with Crippen molar-refractivity contribution in [3.8, 4) is 0 Å². The standard InChI is InChI=1S/C19H19N3O/c23-19(21-12-7-13-21)17-14-18(15-8-3-1-4-9-15)22(20-17)16-10-5-2-6-11-16/h1-6,8-11,18H,7,12-14H2. The minimum Gasteiger partial charge on any atom is -0.337 e. The Morgan fingerprint density at radius 3 is 2.22 bits per heavy atom. The van der Waals surface area contributed by atoms with Gasteiger partial charge < -0.3 is 4.90 Å². The number of para-hydroxylation sites is 1. The lowest BCUT2D eigenvalue weighted by atomic mass is 10.0. The number of benzene rings is 2. The SMILES string of the molecule is O=C(C1=NN(c2ccccc2)C(c2ccccc2)C1)N1CCC1. The lowest BCUT2D eigenvalue weighted by Crippen LogP contribution is -2.45. The third-order valence-corrected chi connectivity index (χ3v) is 4.51. The van der Waals surface area contributed by atoms with Gasteiger partial charge in [-0.2, -0.15) is 5.10 Å². The monoisotopic (exact) mass is 305 g/mol. The van der Waals surface area contributed by atoms with Gasteiger partial charge in [0.25, 0.3) is 5.91 Å². The van der Waals surface area contributed by atoms with Crippen LogP contribution in [0, 0.1) is 0 Å². The van der Waals surface area contributed by atoms with E-state index in [4.69, 9.17) is 0 Å². The Labute approximate surface area is 136 Å². The van der Waals surface area contributed by atoms with Crippen LogP contribution >= 0.6 is 0 Å². The quantitative estimate of drug-likeness (QED) is 0.873. The van der Waals surface area contributed by atoms with Crippen LogP contribution in [0.4, 0.5) is 5.69 Å². The van der Waals surface area contributed by atoms with E-state index in [1.165, 1.54) is 5.56 Å². The van der Waals surface area contributed by atoms with Gasteiger partial charge in [-0.1, -0.05) is 48.5 Å². The molecular formula is C19H19N3O. The molecule has 1 saturated heterocycles. The van der Waals surface area contributed by atoms with Crippen LogP contribution in [-0.2, 0) is 4.79 Å². The Kier molecular flexibility index (Phi) is 3.58. The highest BCUT2D eigenvalue weighted by molar-refractivity contribution is 6.39. The largest absolute Gasteiger partial charge is 0.337 e. The highest BCUT2D eigenvalue weighted by atomic mass is 16.2. The Bertz CT molecular complexity index is 723. The number of hydrogen-bond acceptors (Lipinski definition) is 3. The maximum Gasteiger partial charge on any atom is 0.270 e. The second-order valence-electron chi connectivity index (χ2n) is 6.00. The van der Waals surface area contributed by atoms with Crippen LogP contribution in [0.5, 0.6) is 0 Å². The Hall–Kier alpha value is -2.62. The van der Waals surface area contributed by atoms with Crippen molar-refractivity contribution in [1.82, 2.24) is 4.90 Å².